The molecule has 0 saturated heterocycles. The van der Waals surface area contributed by atoms with E-state index in [0.29, 0.717) is 0 Å². The minimum Gasteiger partial charge on any atom is -0.458 e. The van der Waals surface area contributed by atoms with E-state index in [2.05, 4.69) is 196 Å². The lowest BCUT2D eigenvalue weighted by Gasteiger charge is -2.38. The minimum absolute atomic E-state index is 0.157. The summed E-state index contributed by atoms with van der Waals surface area (Å²) in [6.07, 6.45) is 0. The number of thiazole rings is 1. The van der Waals surface area contributed by atoms with Crippen molar-refractivity contribution in [3.05, 3.63) is 169 Å². The van der Waals surface area contributed by atoms with Gasteiger partial charge in [-0.25, -0.2) is 4.98 Å². The number of hydrogen-bond acceptors (Lipinski definition) is 3. The Morgan fingerprint density at radius 2 is 1.26 bits per heavy atom. The average molecular weight is 748 g/mol. The van der Waals surface area contributed by atoms with Crippen molar-refractivity contribution >= 4 is 85.5 Å². The molecule has 6 heteroatoms. The molecule has 54 heavy (non-hydrogen) atoms. The molecule has 10 rings (SSSR count). The zero-order valence-corrected chi connectivity index (χ0v) is 33.6. The molecule has 3 nitrogen and oxygen atoms in total. The van der Waals surface area contributed by atoms with Crippen LogP contribution in [-0.2, 0) is 5.41 Å². The summed E-state index contributed by atoms with van der Waals surface area (Å²) < 4.78 is 10.7. The normalized spacial score (nSPS) is 13.3. The maximum absolute atomic E-state index is 7.09. The summed E-state index contributed by atoms with van der Waals surface area (Å²) in [5.41, 5.74) is 6.96. The molecule has 1 aliphatic rings. The van der Waals surface area contributed by atoms with Gasteiger partial charge in [0.15, 0.2) is 13.0 Å². The van der Waals surface area contributed by atoms with E-state index in [-0.39, 0.29) is 5.41 Å². The Labute approximate surface area is 322 Å². The summed E-state index contributed by atoms with van der Waals surface area (Å²) in [6, 6.07) is 60.7. The summed E-state index contributed by atoms with van der Waals surface area (Å²) >= 11 is 1.75. The van der Waals surface area contributed by atoms with Gasteiger partial charge >= 0.3 is 0 Å². The molecule has 0 N–H and O–H groups in total. The summed E-state index contributed by atoms with van der Waals surface area (Å²) in [5, 5.41) is 8.00. The third-order valence-corrected chi connectivity index (χ3v) is 19.5. The highest BCUT2D eigenvalue weighted by Crippen LogP contribution is 2.39. The van der Waals surface area contributed by atoms with Crippen molar-refractivity contribution in [2.24, 2.45) is 0 Å². The van der Waals surface area contributed by atoms with Gasteiger partial charge in [-0.3, -0.25) is 4.40 Å². The van der Waals surface area contributed by atoms with Gasteiger partial charge in [-0.1, -0.05) is 178 Å². The third-order valence-electron chi connectivity index (χ3n) is 11.3. The predicted molar refractivity (Wildman–Crippen MR) is 233 cm³/mol. The fourth-order valence-corrected chi connectivity index (χ4v) is 16.8. The van der Waals surface area contributed by atoms with E-state index in [4.69, 9.17) is 9.72 Å². The van der Waals surface area contributed by atoms with Crippen LogP contribution < -0.4 is 35.9 Å². The lowest BCUT2D eigenvalue weighted by molar-refractivity contribution is 0.491. The SMILES string of the molecule is C[Si]1c2ccccc2Oc2c1cccc2[Si](c1ccccc1)(c1ccccc1)c1ccc(-c2cccc3c2nc2sc4ccccc4n23)c(C(C)(C)C)c1. The van der Waals surface area contributed by atoms with Gasteiger partial charge in [0.05, 0.1) is 21.3 Å². The molecular weight excluding hydrogens is 709 g/mol. The van der Waals surface area contributed by atoms with E-state index < -0.39 is 16.9 Å². The number of nitrogens with zero attached hydrogens (tertiary/aromatic N) is 2. The van der Waals surface area contributed by atoms with Crippen LogP contribution >= 0.6 is 11.3 Å². The van der Waals surface area contributed by atoms with E-state index in [1.54, 1.807) is 11.3 Å². The van der Waals surface area contributed by atoms with Crippen molar-refractivity contribution < 1.29 is 4.74 Å². The Kier molecular flexibility index (Phi) is 7.67. The number of rotatable bonds is 5. The standard InChI is InChI=1S/C48H39N2OSSi2/c1-48(2,3)37-31-34(29-30-35(37)36-21-15-23-39-45(36)49-47-50(39)38-22-11-13-25-41(38)52-47)54(32-17-7-5-8-18-32,33-19-9-6-10-20-33)44-28-16-27-43-46(44)51-40-24-12-14-26-42(40)53(43)4/h5-31H,1-4H3. The quantitative estimate of drug-likeness (QED) is 0.131. The van der Waals surface area contributed by atoms with Gasteiger partial charge < -0.3 is 4.74 Å². The number of aromatic nitrogens is 2. The molecule has 0 bridgehead atoms. The second-order valence-electron chi connectivity index (χ2n) is 15.4. The second-order valence-corrected chi connectivity index (χ2v) is 22.5. The first-order valence-corrected chi connectivity index (χ1v) is 23.5. The van der Waals surface area contributed by atoms with Crippen molar-refractivity contribution in [3.63, 3.8) is 0 Å². The van der Waals surface area contributed by atoms with E-state index in [1.807, 2.05) is 0 Å². The summed E-state index contributed by atoms with van der Waals surface area (Å²) in [5.74, 6) is 2.04. The van der Waals surface area contributed by atoms with Gasteiger partial charge in [0.25, 0.3) is 0 Å². The Morgan fingerprint density at radius 1 is 0.611 bits per heavy atom. The highest BCUT2D eigenvalue weighted by Gasteiger charge is 2.46. The van der Waals surface area contributed by atoms with Gasteiger partial charge in [-0.15, -0.1) is 0 Å². The lowest BCUT2D eigenvalue weighted by Crippen LogP contribution is -2.75. The average Bonchev–Trinajstić information content (AvgIpc) is 3.76. The van der Waals surface area contributed by atoms with E-state index in [0.717, 1.165) is 27.5 Å². The molecule has 0 fully saturated rings. The first-order valence-electron chi connectivity index (χ1n) is 18.6. The number of imidazole rings is 1. The van der Waals surface area contributed by atoms with E-state index >= 15 is 0 Å². The zero-order chi connectivity index (χ0) is 36.6. The molecule has 7 aromatic carbocycles. The number of benzene rings is 7. The van der Waals surface area contributed by atoms with Crippen LogP contribution in [0.2, 0.25) is 6.55 Å². The smallest absolute Gasteiger partial charge is 0.195 e. The summed E-state index contributed by atoms with van der Waals surface area (Å²) in [4.78, 5) is 6.34. The molecule has 2 aromatic heterocycles. The van der Waals surface area contributed by atoms with Gasteiger partial charge in [-0.05, 0) is 71.9 Å². The number of fused-ring (bicyclic) bond motifs is 7. The van der Waals surface area contributed by atoms with Crippen molar-refractivity contribution in [1.29, 1.82) is 0 Å². The van der Waals surface area contributed by atoms with Crippen LogP contribution in [0.5, 0.6) is 11.5 Å². The molecule has 0 amide bonds. The topological polar surface area (TPSA) is 26.5 Å². The van der Waals surface area contributed by atoms with Crippen LogP contribution in [0.1, 0.15) is 26.3 Å². The van der Waals surface area contributed by atoms with Crippen molar-refractivity contribution in [2.75, 3.05) is 0 Å². The molecule has 261 valence electrons. The Morgan fingerprint density at radius 3 is 2.02 bits per heavy atom. The largest absolute Gasteiger partial charge is 0.458 e. The summed E-state index contributed by atoms with van der Waals surface area (Å²) in [7, 11) is -4.05. The van der Waals surface area contributed by atoms with Gasteiger partial charge in [0.2, 0.25) is 0 Å². The second kappa shape index (κ2) is 12.5. The molecular formula is C48H39N2OSSi2. The highest BCUT2D eigenvalue weighted by atomic mass is 32.1. The Bertz CT molecular complexity index is 2830. The maximum atomic E-state index is 7.09. The van der Waals surface area contributed by atoms with Gasteiger partial charge in [0, 0.05) is 5.56 Å². The van der Waals surface area contributed by atoms with E-state index in [9.17, 15) is 0 Å². The Balaban J connectivity index is 1.27. The minimum atomic E-state index is -2.99. The first-order chi connectivity index (χ1) is 26.3. The van der Waals surface area contributed by atoms with E-state index in [1.165, 1.54) is 58.0 Å². The Hall–Kier alpha value is -5.54. The van der Waals surface area contributed by atoms with Crippen molar-refractivity contribution in [2.45, 2.75) is 32.7 Å². The zero-order valence-electron chi connectivity index (χ0n) is 30.8. The molecule has 0 unspecified atom stereocenters. The van der Waals surface area contributed by atoms with Crippen LogP contribution in [0.25, 0.3) is 37.3 Å². The molecule has 3 heterocycles. The summed E-state index contributed by atoms with van der Waals surface area (Å²) in [6.45, 7) is 9.46. The molecule has 0 aliphatic carbocycles. The fourth-order valence-electron chi connectivity index (χ4n) is 8.76. The number of ether oxygens (including phenoxy) is 1. The number of para-hydroxylation sites is 4. The lowest BCUT2D eigenvalue weighted by atomic mass is 9.81. The van der Waals surface area contributed by atoms with Crippen molar-refractivity contribution in [1.82, 2.24) is 9.38 Å². The van der Waals surface area contributed by atoms with Crippen LogP contribution in [0.3, 0.4) is 0 Å². The van der Waals surface area contributed by atoms with Gasteiger partial charge in [-0.2, -0.15) is 0 Å². The van der Waals surface area contributed by atoms with Crippen LogP contribution in [-0.4, -0.2) is 26.3 Å². The molecule has 0 atom stereocenters. The van der Waals surface area contributed by atoms with Crippen LogP contribution in [0.15, 0.2) is 164 Å². The first kappa shape index (κ1) is 33.1. The molecule has 1 radical (unpaired) electrons. The number of hydrogen-bond donors (Lipinski definition) is 0. The van der Waals surface area contributed by atoms with Gasteiger partial charge in [0.1, 0.15) is 20.3 Å². The molecule has 9 aromatic rings. The maximum Gasteiger partial charge on any atom is 0.195 e. The van der Waals surface area contributed by atoms with Crippen molar-refractivity contribution in [3.8, 4) is 22.6 Å². The monoisotopic (exact) mass is 747 g/mol. The predicted octanol–water partition coefficient (Wildman–Crippen LogP) is 8.39. The third kappa shape index (κ3) is 4.94. The van der Waals surface area contributed by atoms with Crippen LogP contribution in [0, 0.1) is 0 Å². The molecule has 1 aliphatic heterocycles. The molecule has 0 spiro atoms. The molecule has 0 saturated carbocycles. The fraction of sp³-hybridized carbons (Fsp3) is 0.104. The highest BCUT2D eigenvalue weighted by molar-refractivity contribution is 7.23. The van der Waals surface area contributed by atoms with Crippen LogP contribution in [0.4, 0.5) is 0 Å².